The van der Waals surface area contributed by atoms with Crippen molar-refractivity contribution in [1.82, 2.24) is 9.80 Å². The Morgan fingerprint density at radius 1 is 1.08 bits per heavy atom. The van der Waals surface area contributed by atoms with Crippen LogP contribution in [-0.4, -0.2) is 42.4 Å². The fraction of sp³-hybridized carbons (Fsp3) is 0.667. The summed E-state index contributed by atoms with van der Waals surface area (Å²) in [7, 11) is 4.39. The molecule has 0 unspecified atom stereocenters. The van der Waals surface area contributed by atoms with Crippen LogP contribution in [0.3, 0.4) is 0 Å². The summed E-state index contributed by atoms with van der Waals surface area (Å²) in [5.41, 5.74) is 1.53. The first-order valence-electron chi connectivity index (χ1n) is 9.45. The molecular formula is C21H32N2O. The first-order valence-corrected chi connectivity index (χ1v) is 9.45. The SMILES string of the molecule is CN(C)C1(c2ccccc2)CCC(C)(N(C=O)CC2CCC2)CC1. The van der Waals surface area contributed by atoms with Crippen LogP contribution in [0.1, 0.15) is 57.4 Å². The molecule has 0 aromatic heterocycles. The molecule has 2 aliphatic rings. The molecule has 2 aliphatic carbocycles. The molecule has 3 rings (SSSR count). The highest BCUT2D eigenvalue weighted by Gasteiger charge is 2.45. The molecule has 0 saturated heterocycles. The van der Waals surface area contributed by atoms with E-state index in [1.807, 2.05) is 0 Å². The molecule has 0 radical (unpaired) electrons. The van der Waals surface area contributed by atoms with Gasteiger partial charge in [-0.05, 0) is 71.0 Å². The van der Waals surface area contributed by atoms with Gasteiger partial charge in [0.05, 0.1) is 0 Å². The fourth-order valence-corrected chi connectivity index (χ4v) is 4.58. The van der Waals surface area contributed by atoms with E-state index >= 15 is 0 Å². The van der Waals surface area contributed by atoms with Crippen LogP contribution in [0.5, 0.6) is 0 Å². The molecular weight excluding hydrogens is 296 g/mol. The van der Waals surface area contributed by atoms with Crippen molar-refractivity contribution in [1.29, 1.82) is 0 Å². The maximum absolute atomic E-state index is 11.8. The van der Waals surface area contributed by atoms with Gasteiger partial charge in [0.2, 0.25) is 6.41 Å². The second kappa shape index (κ2) is 6.87. The van der Waals surface area contributed by atoms with Crippen LogP contribution in [0, 0.1) is 5.92 Å². The summed E-state index contributed by atoms with van der Waals surface area (Å²) in [6.45, 7) is 3.25. The van der Waals surface area contributed by atoms with Crippen molar-refractivity contribution >= 4 is 6.41 Å². The van der Waals surface area contributed by atoms with Gasteiger partial charge in [-0.2, -0.15) is 0 Å². The molecule has 3 heteroatoms. The van der Waals surface area contributed by atoms with Crippen LogP contribution < -0.4 is 0 Å². The maximum Gasteiger partial charge on any atom is 0.210 e. The Hall–Kier alpha value is -1.35. The minimum Gasteiger partial charge on any atom is -0.340 e. The van der Waals surface area contributed by atoms with Gasteiger partial charge in [-0.1, -0.05) is 36.8 Å². The fourth-order valence-electron chi connectivity index (χ4n) is 4.58. The number of hydrogen-bond acceptors (Lipinski definition) is 2. The van der Waals surface area contributed by atoms with Crippen LogP contribution >= 0.6 is 0 Å². The van der Waals surface area contributed by atoms with Gasteiger partial charge in [0, 0.05) is 17.6 Å². The Labute approximate surface area is 147 Å². The predicted molar refractivity (Wildman–Crippen MR) is 98.8 cm³/mol. The Morgan fingerprint density at radius 2 is 1.71 bits per heavy atom. The van der Waals surface area contributed by atoms with Gasteiger partial charge in [-0.3, -0.25) is 9.69 Å². The summed E-state index contributed by atoms with van der Waals surface area (Å²) in [5, 5.41) is 0. The summed E-state index contributed by atoms with van der Waals surface area (Å²) >= 11 is 0. The smallest absolute Gasteiger partial charge is 0.210 e. The lowest BCUT2D eigenvalue weighted by atomic mass is 9.68. The Bertz CT molecular complexity index is 542. The number of amides is 1. The van der Waals surface area contributed by atoms with E-state index in [0.717, 1.165) is 44.6 Å². The van der Waals surface area contributed by atoms with Gasteiger partial charge in [-0.25, -0.2) is 0 Å². The standard InChI is InChI=1S/C21H32N2O/c1-20(23(17-24)16-18-8-7-9-18)12-14-21(15-13-20,22(2)3)19-10-5-4-6-11-19/h4-6,10-11,17-18H,7-9,12-16H2,1-3H3. The van der Waals surface area contributed by atoms with E-state index in [9.17, 15) is 4.79 Å². The largest absolute Gasteiger partial charge is 0.340 e. The van der Waals surface area contributed by atoms with Gasteiger partial charge >= 0.3 is 0 Å². The quantitative estimate of drug-likeness (QED) is 0.736. The second-order valence-electron chi connectivity index (χ2n) is 8.34. The summed E-state index contributed by atoms with van der Waals surface area (Å²) in [4.78, 5) is 16.3. The van der Waals surface area contributed by atoms with E-state index < -0.39 is 0 Å². The molecule has 1 aromatic carbocycles. The minimum atomic E-state index is 0.0195. The average molecular weight is 329 g/mol. The van der Waals surface area contributed by atoms with Crippen molar-refractivity contribution in [2.75, 3.05) is 20.6 Å². The number of carbonyl (C=O) groups excluding carboxylic acids is 1. The summed E-state index contributed by atoms with van der Waals surface area (Å²) < 4.78 is 0. The normalized spacial score (nSPS) is 30.8. The van der Waals surface area contributed by atoms with Crippen molar-refractivity contribution in [3.8, 4) is 0 Å². The number of nitrogens with zero attached hydrogens (tertiary/aromatic N) is 2. The van der Waals surface area contributed by atoms with Gasteiger partial charge in [0.1, 0.15) is 0 Å². The van der Waals surface area contributed by atoms with Crippen LogP contribution in [0.15, 0.2) is 30.3 Å². The molecule has 0 bridgehead atoms. The van der Waals surface area contributed by atoms with Gasteiger partial charge in [-0.15, -0.1) is 0 Å². The third-order valence-corrected chi connectivity index (χ3v) is 6.82. The van der Waals surface area contributed by atoms with E-state index in [4.69, 9.17) is 0 Å². The number of benzene rings is 1. The van der Waals surface area contributed by atoms with E-state index in [2.05, 4.69) is 61.2 Å². The zero-order valence-electron chi connectivity index (χ0n) is 15.5. The zero-order chi connectivity index (χ0) is 17.2. The van der Waals surface area contributed by atoms with Crippen molar-refractivity contribution < 1.29 is 4.79 Å². The molecule has 0 atom stereocenters. The summed E-state index contributed by atoms with van der Waals surface area (Å²) in [6, 6.07) is 10.9. The van der Waals surface area contributed by atoms with Crippen molar-refractivity contribution in [2.45, 2.75) is 62.9 Å². The third kappa shape index (κ3) is 3.11. The van der Waals surface area contributed by atoms with Crippen LogP contribution in [0.25, 0.3) is 0 Å². The first-order chi connectivity index (χ1) is 11.5. The Morgan fingerprint density at radius 3 is 2.17 bits per heavy atom. The zero-order valence-corrected chi connectivity index (χ0v) is 15.5. The Balaban J connectivity index is 1.75. The molecule has 2 fully saturated rings. The molecule has 0 spiro atoms. The van der Waals surface area contributed by atoms with E-state index in [-0.39, 0.29) is 11.1 Å². The molecule has 0 heterocycles. The topological polar surface area (TPSA) is 23.6 Å². The number of hydrogen-bond donors (Lipinski definition) is 0. The van der Waals surface area contributed by atoms with Crippen LogP contribution in [-0.2, 0) is 10.3 Å². The van der Waals surface area contributed by atoms with Gasteiger partial charge in [0.15, 0.2) is 0 Å². The highest BCUT2D eigenvalue weighted by atomic mass is 16.1. The van der Waals surface area contributed by atoms with Crippen molar-refractivity contribution in [2.24, 2.45) is 5.92 Å². The molecule has 24 heavy (non-hydrogen) atoms. The highest BCUT2D eigenvalue weighted by molar-refractivity contribution is 5.49. The lowest BCUT2D eigenvalue weighted by Gasteiger charge is -2.52. The average Bonchev–Trinajstić information content (AvgIpc) is 2.55. The molecule has 0 aliphatic heterocycles. The van der Waals surface area contributed by atoms with Gasteiger partial charge < -0.3 is 4.90 Å². The minimum absolute atomic E-state index is 0.0195. The highest BCUT2D eigenvalue weighted by Crippen LogP contribution is 2.46. The van der Waals surface area contributed by atoms with Crippen LogP contribution in [0.2, 0.25) is 0 Å². The number of rotatable bonds is 6. The number of carbonyl (C=O) groups is 1. The lowest BCUT2D eigenvalue weighted by molar-refractivity contribution is -0.128. The summed E-state index contributed by atoms with van der Waals surface area (Å²) in [6.07, 6.45) is 9.41. The molecule has 132 valence electrons. The molecule has 2 saturated carbocycles. The Kier molecular flexibility index (Phi) is 5.00. The van der Waals surface area contributed by atoms with Crippen LogP contribution in [0.4, 0.5) is 0 Å². The lowest BCUT2D eigenvalue weighted by Crippen LogP contribution is -2.55. The predicted octanol–water partition coefficient (Wildman–Crippen LogP) is 4.03. The van der Waals surface area contributed by atoms with Crippen molar-refractivity contribution in [3.63, 3.8) is 0 Å². The second-order valence-corrected chi connectivity index (χ2v) is 8.34. The van der Waals surface area contributed by atoms with Gasteiger partial charge in [0.25, 0.3) is 0 Å². The maximum atomic E-state index is 11.8. The summed E-state index contributed by atoms with van der Waals surface area (Å²) in [5.74, 6) is 0.738. The third-order valence-electron chi connectivity index (χ3n) is 6.82. The monoisotopic (exact) mass is 328 g/mol. The first kappa shape index (κ1) is 17.5. The van der Waals surface area contributed by atoms with E-state index in [1.54, 1.807) is 0 Å². The molecule has 1 amide bonds. The molecule has 3 nitrogen and oxygen atoms in total. The van der Waals surface area contributed by atoms with E-state index in [1.165, 1.54) is 24.8 Å². The van der Waals surface area contributed by atoms with E-state index in [0.29, 0.717) is 0 Å². The van der Waals surface area contributed by atoms with Crippen molar-refractivity contribution in [3.05, 3.63) is 35.9 Å². The molecule has 1 aromatic rings. The molecule has 0 N–H and O–H groups in total.